The van der Waals surface area contributed by atoms with Crippen molar-refractivity contribution in [3.63, 3.8) is 0 Å². The number of thioether (sulfide) groups is 1. The fourth-order valence-corrected chi connectivity index (χ4v) is 5.62. The number of hydrogen-bond donors (Lipinski definition) is 0. The van der Waals surface area contributed by atoms with E-state index in [1.165, 1.54) is 0 Å². The summed E-state index contributed by atoms with van der Waals surface area (Å²) in [5.41, 5.74) is 4.45. The Kier molecular flexibility index (Phi) is 5.98. The number of carbonyl (C=O) groups excluding carboxylic acids is 1. The Balaban J connectivity index is 1.52. The van der Waals surface area contributed by atoms with Gasteiger partial charge in [0.25, 0.3) is 5.91 Å². The highest BCUT2D eigenvalue weighted by molar-refractivity contribution is 8.00. The lowest BCUT2D eigenvalue weighted by atomic mass is 10.0. The molecule has 0 bridgehead atoms. The molecule has 33 heavy (non-hydrogen) atoms. The van der Waals surface area contributed by atoms with Gasteiger partial charge in [-0.1, -0.05) is 89.8 Å². The molecule has 0 saturated carbocycles. The molecule has 5 nitrogen and oxygen atoms in total. The number of hydrogen-bond acceptors (Lipinski definition) is 6. The number of benzene rings is 3. The van der Waals surface area contributed by atoms with Gasteiger partial charge in [0.1, 0.15) is 10.6 Å². The summed E-state index contributed by atoms with van der Waals surface area (Å²) in [4.78, 5) is 15.4. The maximum Gasteiger partial charge on any atom is 0.294 e. The van der Waals surface area contributed by atoms with E-state index in [0.717, 1.165) is 37.1 Å². The highest BCUT2D eigenvalue weighted by Gasteiger charge is 2.25. The van der Waals surface area contributed by atoms with Crippen molar-refractivity contribution in [3.8, 4) is 11.1 Å². The van der Waals surface area contributed by atoms with E-state index < -0.39 is 0 Å². The molecule has 0 aliphatic rings. The van der Waals surface area contributed by atoms with E-state index in [1.54, 1.807) is 35.0 Å². The van der Waals surface area contributed by atoms with Crippen LogP contribution in [-0.4, -0.2) is 23.2 Å². The van der Waals surface area contributed by atoms with E-state index in [9.17, 15) is 4.79 Å². The third kappa shape index (κ3) is 4.29. The standard InChI is InChI=1S/C26H21N3O2S2/c1-17-27-28-26(33-17)32-16-21-20-13-7-9-15-23(20)31-24(21)25(30)29(2)22-14-8-6-12-19(22)18-10-4-3-5-11-18/h3-15H,16H2,1-2H3. The van der Waals surface area contributed by atoms with Crippen molar-refractivity contribution in [2.45, 2.75) is 17.0 Å². The van der Waals surface area contributed by atoms with Crippen LogP contribution in [0.15, 0.2) is 87.6 Å². The maximum absolute atomic E-state index is 13.7. The zero-order chi connectivity index (χ0) is 22.8. The van der Waals surface area contributed by atoms with Crippen LogP contribution in [0.4, 0.5) is 5.69 Å². The van der Waals surface area contributed by atoms with Crippen molar-refractivity contribution in [2.75, 3.05) is 11.9 Å². The second kappa shape index (κ2) is 9.21. The fraction of sp³-hybridized carbons (Fsp3) is 0.115. The molecular weight excluding hydrogens is 450 g/mol. The second-order valence-electron chi connectivity index (χ2n) is 7.53. The molecule has 0 unspecified atom stereocenters. The van der Waals surface area contributed by atoms with Crippen LogP contribution in [0.1, 0.15) is 21.1 Å². The predicted octanol–water partition coefficient (Wildman–Crippen LogP) is 6.83. The summed E-state index contributed by atoms with van der Waals surface area (Å²) >= 11 is 3.11. The van der Waals surface area contributed by atoms with Crippen molar-refractivity contribution < 1.29 is 9.21 Å². The summed E-state index contributed by atoms with van der Waals surface area (Å²) < 4.78 is 6.98. The molecule has 0 spiro atoms. The summed E-state index contributed by atoms with van der Waals surface area (Å²) in [5.74, 6) is 0.745. The monoisotopic (exact) mass is 471 g/mol. The molecule has 0 atom stereocenters. The Morgan fingerprint density at radius 3 is 2.48 bits per heavy atom. The number of anilines is 1. The van der Waals surface area contributed by atoms with Crippen LogP contribution in [0.5, 0.6) is 0 Å². The molecule has 0 aliphatic carbocycles. The van der Waals surface area contributed by atoms with Crippen LogP contribution in [-0.2, 0) is 5.75 Å². The first-order valence-corrected chi connectivity index (χ1v) is 12.3. The van der Waals surface area contributed by atoms with Gasteiger partial charge in [0.2, 0.25) is 0 Å². The molecule has 164 valence electrons. The maximum atomic E-state index is 13.7. The van der Waals surface area contributed by atoms with E-state index in [-0.39, 0.29) is 5.91 Å². The predicted molar refractivity (Wildman–Crippen MR) is 135 cm³/mol. The van der Waals surface area contributed by atoms with Crippen molar-refractivity contribution in [1.82, 2.24) is 10.2 Å². The topological polar surface area (TPSA) is 59.2 Å². The highest BCUT2D eigenvalue weighted by Crippen LogP contribution is 2.36. The van der Waals surface area contributed by atoms with E-state index in [4.69, 9.17) is 4.42 Å². The third-order valence-corrected chi connectivity index (χ3v) is 7.39. The van der Waals surface area contributed by atoms with E-state index in [0.29, 0.717) is 17.1 Å². The van der Waals surface area contributed by atoms with Crippen LogP contribution >= 0.6 is 23.1 Å². The number of rotatable bonds is 6. The molecule has 0 N–H and O–H groups in total. The Hall–Kier alpha value is -3.42. The normalized spacial score (nSPS) is 11.1. The Morgan fingerprint density at radius 1 is 0.970 bits per heavy atom. The zero-order valence-electron chi connectivity index (χ0n) is 18.2. The number of para-hydroxylation sites is 2. The minimum Gasteiger partial charge on any atom is -0.451 e. The molecule has 0 radical (unpaired) electrons. The molecule has 7 heteroatoms. The van der Waals surface area contributed by atoms with Gasteiger partial charge < -0.3 is 9.32 Å². The fourth-order valence-electron chi connectivity index (χ4n) is 3.78. The lowest BCUT2D eigenvalue weighted by Gasteiger charge is -2.20. The van der Waals surface area contributed by atoms with Crippen molar-refractivity contribution >= 4 is 45.7 Å². The molecule has 0 saturated heterocycles. The molecule has 3 aromatic carbocycles. The number of nitrogens with zero attached hydrogens (tertiary/aromatic N) is 3. The molecule has 2 heterocycles. The summed E-state index contributed by atoms with van der Waals surface area (Å²) in [6, 6.07) is 25.8. The van der Waals surface area contributed by atoms with E-state index in [1.807, 2.05) is 85.8 Å². The first kappa shape index (κ1) is 21.4. The van der Waals surface area contributed by atoms with Crippen LogP contribution in [0.2, 0.25) is 0 Å². The lowest BCUT2D eigenvalue weighted by molar-refractivity contribution is 0.0967. The van der Waals surface area contributed by atoms with Gasteiger partial charge in [0.05, 0.1) is 5.69 Å². The van der Waals surface area contributed by atoms with Gasteiger partial charge in [-0.25, -0.2) is 0 Å². The average molecular weight is 472 g/mol. The van der Waals surface area contributed by atoms with Crippen molar-refractivity contribution in [1.29, 1.82) is 0 Å². The number of amides is 1. The van der Waals surface area contributed by atoms with Gasteiger partial charge in [0.15, 0.2) is 10.1 Å². The van der Waals surface area contributed by atoms with E-state index in [2.05, 4.69) is 10.2 Å². The molecule has 1 amide bonds. The summed E-state index contributed by atoms with van der Waals surface area (Å²) in [6.07, 6.45) is 0. The van der Waals surface area contributed by atoms with Crippen LogP contribution in [0, 0.1) is 6.92 Å². The van der Waals surface area contributed by atoms with Gasteiger partial charge in [-0.2, -0.15) is 0 Å². The Morgan fingerprint density at radius 2 is 1.70 bits per heavy atom. The first-order valence-electron chi connectivity index (χ1n) is 10.5. The van der Waals surface area contributed by atoms with Gasteiger partial charge in [-0.15, -0.1) is 10.2 Å². The third-order valence-electron chi connectivity index (χ3n) is 5.39. The number of carbonyl (C=O) groups is 1. The Labute approximate surface area is 200 Å². The molecule has 2 aromatic heterocycles. The average Bonchev–Trinajstić information content (AvgIpc) is 3.45. The van der Waals surface area contributed by atoms with Crippen LogP contribution in [0.3, 0.4) is 0 Å². The first-order chi connectivity index (χ1) is 16.1. The van der Waals surface area contributed by atoms with Gasteiger partial charge in [-0.3, -0.25) is 4.79 Å². The van der Waals surface area contributed by atoms with Gasteiger partial charge in [-0.05, 0) is 24.6 Å². The number of furan rings is 1. The molecule has 5 rings (SSSR count). The minimum atomic E-state index is -0.182. The molecule has 5 aromatic rings. The zero-order valence-corrected chi connectivity index (χ0v) is 19.8. The minimum absolute atomic E-state index is 0.182. The summed E-state index contributed by atoms with van der Waals surface area (Å²) in [7, 11) is 1.79. The molecule has 0 fully saturated rings. The molecule has 0 aliphatic heterocycles. The quantitative estimate of drug-likeness (QED) is 0.254. The lowest BCUT2D eigenvalue weighted by Crippen LogP contribution is -2.27. The van der Waals surface area contributed by atoms with Crippen LogP contribution in [0.25, 0.3) is 22.1 Å². The number of aryl methyl sites for hydroxylation is 1. The van der Waals surface area contributed by atoms with E-state index >= 15 is 0 Å². The molecular formula is C26H21N3O2S2. The highest BCUT2D eigenvalue weighted by atomic mass is 32.2. The van der Waals surface area contributed by atoms with Gasteiger partial charge >= 0.3 is 0 Å². The van der Waals surface area contributed by atoms with Gasteiger partial charge in [0, 0.05) is 29.3 Å². The smallest absolute Gasteiger partial charge is 0.294 e. The SMILES string of the molecule is Cc1nnc(SCc2c(C(=O)N(C)c3ccccc3-c3ccccc3)oc3ccccc23)s1. The largest absolute Gasteiger partial charge is 0.451 e. The second-order valence-corrected chi connectivity index (χ2v) is 9.93. The van der Waals surface area contributed by atoms with Crippen molar-refractivity contribution in [3.05, 3.63) is 95.2 Å². The summed E-state index contributed by atoms with van der Waals surface area (Å²) in [6.45, 7) is 1.93. The van der Waals surface area contributed by atoms with Crippen molar-refractivity contribution in [2.24, 2.45) is 0 Å². The number of fused-ring (bicyclic) bond motifs is 1. The Bertz CT molecular complexity index is 1430. The van der Waals surface area contributed by atoms with Crippen LogP contribution < -0.4 is 4.90 Å². The summed E-state index contributed by atoms with van der Waals surface area (Å²) in [5, 5.41) is 10.2. The number of aromatic nitrogens is 2.